The minimum Gasteiger partial charge on any atom is -0.491 e. The summed E-state index contributed by atoms with van der Waals surface area (Å²) in [5.41, 5.74) is 2.26. The fourth-order valence-electron chi connectivity index (χ4n) is 2.10. The van der Waals surface area contributed by atoms with Crippen LogP contribution in [0.1, 0.15) is 51.2 Å². The van der Waals surface area contributed by atoms with Gasteiger partial charge < -0.3 is 9.47 Å². The summed E-state index contributed by atoms with van der Waals surface area (Å²) in [6.07, 6.45) is 1.25. The van der Waals surface area contributed by atoms with Crippen molar-refractivity contribution in [1.29, 1.82) is 0 Å². The number of halogens is 2. The fourth-order valence-corrected chi connectivity index (χ4v) is 2.10. The van der Waals surface area contributed by atoms with Gasteiger partial charge in [-0.05, 0) is 42.2 Å². The molecule has 0 unspecified atom stereocenters. The van der Waals surface area contributed by atoms with Gasteiger partial charge in [0.2, 0.25) is 0 Å². The van der Waals surface area contributed by atoms with Crippen molar-refractivity contribution in [3.05, 3.63) is 59.7 Å². The molecule has 152 valence electrons. The summed E-state index contributed by atoms with van der Waals surface area (Å²) < 4.78 is 33.9. The topological polar surface area (TPSA) is 18.5 Å². The average molecular weight is 381 g/mol. The van der Waals surface area contributed by atoms with Crippen LogP contribution in [0.25, 0.3) is 0 Å². The molecule has 0 bridgehead atoms. The Morgan fingerprint density at radius 2 is 1.44 bits per heavy atom. The minimum atomic E-state index is -0.438. The Balaban J connectivity index is 0.000000442. The Hall–Kier alpha value is -2.10. The predicted molar refractivity (Wildman–Crippen MR) is 111 cm³/mol. The maximum absolute atomic E-state index is 11.9. The molecule has 0 atom stereocenters. The van der Waals surface area contributed by atoms with Gasteiger partial charge in [0.25, 0.3) is 0 Å². The van der Waals surface area contributed by atoms with E-state index in [0.29, 0.717) is 5.92 Å². The van der Waals surface area contributed by atoms with Crippen LogP contribution in [0.5, 0.6) is 11.5 Å². The molecule has 2 aromatic carbocycles. The van der Waals surface area contributed by atoms with Crippen LogP contribution in [0, 0.1) is 6.92 Å². The zero-order valence-corrected chi connectivity index (χ0v) is 17.3. The van der Waals surface area contributed by atoms with Gasteiger partial charge in [0.05, 0.1) is 0 Å². The molecule has 0 aliphatic heterocycles. The predicted octanol–water partition coefficient (Wildman–Crippen LogP) is 6.92. The third-order valence-corrected chi connectivity index (χ3v) is 3.21. The molecule has 0 heterocycles. The first kappa shape index (κ1) is 24.9. The van der Waals surface area contributed by atoms with E-state index in [1.54, 1.807) is 0 Å². The summed E-state index contributed by atoms with van der Waals surface area (Å²) in [5, 5.41) is 0. The molecule has 0 radical (unpaired) electrons. The van der Waals surface area contributed by atoms with Crippen LogP contribution in [-0.2, 0) is 0 Å². The molecule has 0 N–H and O–H groups in total. The van der Waals surface area contributed by atoms with Crippen molar-refractivity contribution in [2.75, 3.05) is 26.6 Å². The van der Waals surface area contributed by atoms with E-state index in [2.05, 4.69) is 27.7 Å². The van der Waals surface area contributed by atoms with Gasteiger partial charge in [-0.3, -0.25) is 0 Å². The average Bonchev–Trinajstić information content (AvgIpc) is 2.66. The lowest BCUT2D eigenvalue weighted by Crippen LogP contribution is -2.02. The quantitative estimate of drug-likeness (QED) is 0.519. The van der Waals surface area contributed by atoms with Crippen molar-refractivity contribution >= 4 is 0 Å². The van der Waals surface area contributed by atoms with E-state index in [1.807, 2.05) is 55.5 Å². The summed E-state index contributed by atoms with van der Waals surface area (Å²) in [6.45, 7) is 9.82. The number of benzene rings is 2. The summed E-state index contributed by atoms with van der Waals surface area (Å²) in [6, 6.07) is 15.3. The molecule has 0 saturated carbocycles. The monoisotopic (exact) mass is 380 g/mol. The molecule has 0 aromatic heterocycles. The fraction of sp³-hybridized carbons (Fsp3) is 0.478. The largest absolute Gasteiger partial charge is 0.491 e. The number of hydrogen-bond donors (Lipinski definition) is 0. The number of rotatable bonds is 7. The summed E-state index contributed by atoms with van der Waals surface area (Å²) in [7, 11) is 0. The summed E-state index contributed by atoms with van der Waals surface area (Å²) in [4.78, 5) is 0. The lowest BCUT2D eigenvalue weighted by Gasteiger charge is -2.12. The van der Waals surface area contributed by atoms with Crippen molar-refractivity contribution in [2.45, 2.75) is 47.0 Å². The molecular formula is C23H34F2O2. The number of ether oxygens (including phenoxy) is 2. The smallest absolute Gasteiger partial charge is 0.123 e. The normalized spacial score (nSPS) is 9.63. The van der Waals surface area contributed by atoms with Gasteiger partial charge in [0, 0.05) is 0 Å². The van der Waals surface area contributed by atoms with Gasteiger partial charge >= 0.3 is 0 Å². The van der Waals surface area contributed by atoms with Gasteiger partial charge in [-0.1, -0.05) is 64.4 Å². The number of aryl methyl sites for hydroxylation is 1. The molecule has 0 fully saturated rings. The Morgan fingerprint density at radius 3 is 2.00 bits per heavy atom. The molecule has 0 saturated heterocycles. The van der Waals surface area contributed by atoms with Gasteiger partial charge in [0.1, 0.15) is 38.1 Å². The molecule has 0 amide bonds. The molecule has 2 rings (SSSR count). The van der Waals surface area contributed by atoms with Gasteiger partial charge in [0.15, 0.2) is 0 Å². The van der Waals surface area contributed by atoms with E-state index >= 15 is 0 Å². The van der Waals surface area contributed by atoms with E-state index < -0.39 is 13.3 Å². The highest BCUT2D eigenvalue weighted by Gasteiger charge is 2.05. The lowest BCUT2D eigenvalue weighted by atomic mass is 10.0. The maximum Gasteiger partial charge on any atom is 0.123 e. The molecule has 2 nitrogen and oxygen atoms in total. The van der Waals surface area contributed by atoms with E-state index in [1.165, 1.54) is 6.42 Å². The molecule has 2 aromatic rings. The number of alkyl halides is 2. The second kappa shape index (κ2) is 16.1. The maximum atomic E-state index is 11.9. The Morgan fingerprint density at radius 1 is 0.852 bits per heavy atom. The van der Waals surface area contributed by atoms with Crippen molar-refractivity contribution in [1.82, 2.24) is 0 Å². The van der Waals surface area contributed by atoms with Gasteiger partial charge in [-0.2, -0.15) is 0 Å². The summed E-state index contributed by atoms with van der Waals surface area (Å²) >= 11 is 0. The highest BCUT2D eigenvalue weighted by Crippen LogP contribution is 2.25. The van der Waals surface area contributed by atoms with Crippen LogP contribution < -0.4 is 9.47 Å². The van der Waals surface area contributed by atoms with E-state index in [9.17, 15) is 8.78 Å². The highest BCUT2D eigenvalue weighted by molar-refractivity contribution is 5.35. The molecule has 27 heavy (non-hydrogen) atoms. The third-order valence-electron chi connectivity index (χ3n) is 3.21. The molecular weight excluding hydrogens is 346 g/mol. The first-order valence-corrected chi connectivity index (χ1v) is 9.53. The van der Waals surface area contributed by atoms with Gasteiger partial charge in [-0.15, -0.1) is 0 Å². The molecule has 0 aliphatic carbocycles. The van der Waals surface area contributed by atoms with Crippen LogP contribution in [-0.4, -0.2) is 26.6 Å². The van der Waals surface area contributed by atoms with E-state index in [0.717, 1.165) is 22.6 Å². The SMILES string of the molecule is CC(C)c1ccccc1OCCF.CCC.Cc1cccc(OCCF)c1. The Bertz CT molecular complexity index is 600. The standard InChI is InChI=1S/C11H15FO.C9H11FO.C3H8/c1-9(2)10-5-3-4-6-11(10)13-8-7-12;1-8-3-2-4-9(7-8)11-6-5-10;1-3-2/h3-6,9H,7-8H2,1-2H3;2-4,7H,5-6H2,1H3;3H2,1-2H3. The van der Waals surface area contributed by atoms with Crippen molar-refractivity contribution < 1.29 is 18.3 Å². The zero-order chi connectivity index (χ0) is 20.5. The van der Waals surface area contributed by atoms with Crippen LogP contribution in [0.3, 0.4) is 0 Å². The van der Waals surface area contributed by atoms with Crippen LogP contribution in [0.15, 0.2) is 48.5 Å². The third kappa shape index (κ3) is 12.0. The van der Waals surface area contributed by atoms with Crippen molar-refractivity contribution in [3.8, 4) is 11.5 Å². The van der Waals surface area contributed by atoms with Crippen LogP contribution in [0.2, 0.25) is 0 Å². The van der Waals surface area contributed by atoms with Crippen molar-refractivity contribution in [2.24, 2.45) is 0 Å². The van der Waals surface area contributed by atoms with E-state index in [-0.39, 0.29) is 13.2 Å². The van der Waals surface area contributed by atoms with Gasteiger partial charge in [-0.25, -0.2) is 8.78 Å². The second-order valence-corrected chi connectivity index (χ2v) is 6.29. The molecule has 4 heteroatoms. The first-order valence-electron chi connectivity index (χ1n) is 9.53. The zero-order valence-electron chi connectivity index (χ0n) is 17.3. The number of para-hydroxylation sites is 1. The van der Waals surface area contributed by atoms with Crippen LogP contribution in [0.4, 0.5) is 8.78 Å². The molecule has 0 spiro atoms. The lowest BCUT2D eigenvalue weighted by molar-refractivity contribution is 0.270. The minimum absolute atomic E-state index is 0.142. The van der Waals surface area contributed by atoms with Crippen LogP contribution >= 0.6 is 0 Å². The number of hydrogen-bond acceptors (Lipinski definition) is 2. The Labute approximate surface area is 163 Å². The molecule has 0 aliphatic rings. The van der Waals surface area contributed by atoms with E-state index in [4.69, 9.17) is 9.47 Å². The van der Waals surface area contributed by atoms with Crippen molar-refractivity contribution in [3.63, 3.8) is 0 Å². The highest BCUT2D eigenvalue weighted by atomic mass is 19.1. The Kier molecular flexibility index (Phi) is 14.8. The summed E-state index contributed by atoms with van der Waals surface area (Å²) in [5.74, 6) is 1.95. The second-order valence-electron chi connectivity index (χ2n) is 6.29. The first-order chi connectivity index (χ1) is 13.0.